The van der Waals surface area contributed by atoms with Crippen molar-refractivity contribution in [2.45, 2.75) is 0 Å². The van der Waals surface area contributed by atoms with Gasteiger partial charge in [0.25, 0.3) is 0 Å². The number of aliphatic carboxylic acids is 2. The predicted octanol–water partition coefficient (Wildman–Crippen LogP) is -1.39. The molecule has 2 unspecified atom stereocenters. The van der Waals surface area contributed by atoms with Gasteiger partial charge in [0.1, 0.15) is 0 Å². The van der Waals surface area contributed by atoms with E-state index >= 15 is 0 Å². The summed E-state index contributed by atoms with van der Waals surface area (Å²) in [7, 11) is 0. The van der Waals surface area contributed by atoms with Crippen molar-refractivity contribution < 1.29 is 19.8 Å². The molecule has 3 N–H and O–H groups in total. The van der Waals surface area contributed by atoms with Crippen LogP contribution in [0.15, 0.2) is 0 Å². The van der Waals surface area contributed by atoms with Gasteiger partial charge in [-0.3, -0.25) is 9.59 Å². The Bertz CT molecular complexity index is 176. The molecular weight excluding hydrogens is 173 g/mol. The maximum atomic E-state index is 10.4. The van der Waals surface area contributed by atoms with Crippen molar-refractivity contribution in [1.29, 1.82) is 0 Å². The molecule has 1 radical (unpaired) electrons. The number of carboxylic acids is 2. The van der Waals surface area contributed by atoms with Crippen LogP contribution in [0.5, 0.6) is 0 Å². The molecule has 63 valence electrons. The number of hydrogen-bond donors (Lipinski definition) is 3. The second kappa shape index (κ2) is 4.81. The number of rotatable bonds is 2. The zero-order chi connectivity index (χ0) is 8.43. The molecule has 1 rings (SSSR count). The minimum atomic E-state index is -1.04. The second-order valence-corrected chi connectivity index (χ2v) is 2.55. The van der Waals surface area contributed by atoms with E-state index in [0.717, 1.165) is 0 Å². The number of carbonyl (C=O) groups is 2. The molecule has 1 aliphatic rings. The maximum absolute atomic E-state index is 10.4. The Hall–Kier alpha value is -0.100. The third-order valence-electron chi connectivity index (χ3n) is 1.85. The summed E-state index contributed by atoms with van der Waals surface area (Å²) in [6.07, 6.45) is 0. The fraction of sp³-hybridized carbons (Fsp3) is 0.667. The van der Waals surface area contributed by atoms with Gasteiger partial charge in [0, 0.05) is 42.6 Å². The fourth-order valence-corrected chi connectivity index (χ4v) is 1.20. The number of hydrogen-bond acceptors (Lipinski definition) is 3. The topological polar surface area (TPSA) is 86.6 Å². The second-order valence-electron chi connectivity index (χ2n) is 2.55. The summed E-state index contributed by atoms with van der Waals surface area (Å²) in [5, 5.41) is 19.8. The third kappa shape index (κ3) is 2.45. The standard InChI is InChI=1S/C6H9NO4.Na/c8-5(9)3-1-7-2-4(3)6(10)11;/h3-4,7H,1-2H2,(H,8,9)(H,10,11);. The Labute approximate surface area is 91.4 Å². The van der Waals surface area contributed by atoms with E-state index in [1.54, 1.807) is 0 Å². The normalized spacial score (nSPS) is 27.7. The van der Waals surface area contributed by atoms with Crippen LogP contribution in [0.3, 0.4) is 0 Å². The molecule has 6 heteroatoms. The summed E-state index contributed by atoms with van der Waals surface area (Å²) in [6, 6.07) is 0. The molecule has 0 spiro atoms. The van der Waals surface area contributed by atoms with E-state index < -0.39 is 23.8 Å². The van der Waals surface area contributed by atoms with Gasteiger partial charge in [0.2, 0.25) is 0 Å². The van der Waals surface area contributed by atoms with E-state index in [0.29, 0.717) is 0 Å². The van der Waals surface area contributed by atoms with Crippen molar-refractivity contribution in [3.05, 3.63) is 0 Å². The van der Waals surface area contributed by atoms with Crippen LogP contribution in [-0.2, 0) is 9.59 Å². The van der Waals surface area contributed by atoms with Crippen LogP contribution < -0.4 is 5.32 Å². The van der Waals surface area contributed by atoms with Crippen molar-refractivity contribution >= 4 is 41.5 Å². The molecule has 5 nitrogen and oxygen atoms in total. The van der Waals surface area contributed by atoms with Gasteiger partial charge in [-0.1, -0.05) is 0 Å². The Kier molecular flexibility index (Phi) is 4.77. The Morgan fingerprint density at radius 1 is 1.08 bits per heavy atom. The first-order valence-electron chi connectivity index (χ1n) is 3.29. The van der Waals surface area contributed by atoms with E-state index in [4.69, 9.17) is 10.2 Å². The molecule has 0 amide bonds. The van der Waals surface area contributed by atoms with Crippen molar-refractivity contribution in [1.82, 2.24) is 5.32 Å². The first-order chi connectivity index (χ1) is 5.13. The first-order valence-corrected chi connectivity index (χ1v) is 3.29. The first kappa shape index (κ1) is 11.9. The van der Waals surface area contributed by atoms with E-state index in [1.807, 2.05) is 0 Å². The van der Waals surface area contributed by atoms with Gasteiger partial charge in [-0.2, -0.15) is 0 Å². The van der Waals surface area contributed by atoms with Gasteiger partial charge >= 0.3 is 11.9 Å². The van der Waals surface area contributed by atoms with Crippen molar-refractivity contribution in [2.24, 2.45) is 11.8 Å². The van der Waals surface area contributed by atoms with Gasteiger partial charge < -0.3 is 15.5 Å². The van der Waals surface area contributed by atoms with Crippen LogP contribution in [0.2, 0.25) is 0 Å². The monoisotopic (exact) mass is 182 g/mol. The van der Waals surface area contributed by atoms with Crippen molar-refractivity contribution in [3.63, 3.8) is 0 Å². The molecule has 1 heterocycles. The Morgan fingerprint density at radius 3 is 1.67 bits per heavy atom. The van der Waals surface area contributed by atoms with Gasteiger partial charge in [0.15, 0.2) is 0 Å². The van der Waals surface area contributed by atoms with E-state index in [2.05, 4.69) is 5.32 Å². The molecule has 0 aromatic rings. The average molecular weight is 182 g/mol. The van der Waals surface area contributed by atoms with Gasteiger partial charge in [0.05, 0.1) is 11.8 Å². The molecular formula is C6H9NNaO4. The largest absolute Gasteiger partial charge is 0.481 e. The molecule has 0 bridgehead atoms. The summed E-state index contributed by atoms with van der Waals surface area (Å²) in [5.74, 6) is -3.62. The molecule has 12 heavy (non-hydrogen) atoms. The van der Waals surface area contributed by atoms with Gasteiger partial charge in [-0.15, -0.1) is 0 Å². The molecule has 0 saturated carbocycles. The SMILES string of the molecule is O=C(O)C1CNCC1C(=O)O.[Na]. The van der Waals surface area contributed by atoms with Gasteiger partial charge in [-0.05, 0) is 0 Å². The summed E-state index contributed by atoms with van der Waals surface area (Å²) in [6.45, 7) is 0.513. The fourth-order valence-electron chi connectivity index (χ4n) is 1.20. The molecule has 2 atom stereocenters. The Balaban J connectivity index is 0.00000121. The van der Waals surface area contributed by atoms with Crippen LogP contribution in [0.25, 0.3) is 0 Å². The Morgan fingerprint density at radius 2 is 1.42 bits per heavy atom. The van der Waals surface area contributed by atoms with Crippen molar-refractivity contribution in [2.75, 3.05) is 13.1 Å². The quantitative estimate of drug-likeness (QED) is 0.458. The maximum Gasteiger partial charge on any atom is 0.308 e. The van der Waals surface area contributed by atoms with Crippen LogP contribution in [-0.4, -0.2) is 64.8 Å². The number of carboxylic acid groups (broad SMARTS) is 2. The van der Waals surface area contributed by atoms with E-state index in [1.165, 1.54) is 0 Å². The zero-order valence-corrected chi connectivity index (χ0v) is 8.78. The van der Waals surface area contributed by atoms with Crippen molar-refractivity contribution in [3.8, 4) is 0 Å². The van der Waals surface area contributed by atoms with Crippen LogP contribution in [0.4, 0.5) is 0 Å². The summed E-state index contributed by atoms with van der Waals surface area (Å²) < 4.78 is 0. The summed E-state index contributed by atoms with van der Waals surface area (Å²) in [4.78, 5) is 20.8. The number of nitrogens with one attached hydrogen (secondary N) is 1. The minimum Gasteiger partial charge on any atom is -0.481 e. The average Bonchev–Trinajstić information content (AvgIpc) is 2.32. The smallest absolute Gasteiger partial charge is 0.308 e. The van der Waals surface area contributed by atoms with E-state index in [9.17, 15) is 9.59 Å². The van der Waals surface area contributed by atoms with Gasteiger partial charge in [-0.25, -0.2) is 0 Å². The van der Waals surface area contributed by atoms with Crippen LogP contribution >= 0.6 is 0 Å². The summed E-state index contributed by atoms with van der Waals surface area (Å²) in [5.41, 5.74) is 0. The van der Waals surface area contributed by atoms with Crippen LogP contribution in [0.1, 0.15) is 0 Å². The molecule has 0 aromatic carbocycles. The third-order valence-corrected chi connectivity index (χ3v) is 1.85. The van der Waals surface area contributed by atoms with Crippen LogP contribution in [0, 0.1) is 11.8 Å². The summed E-state index contributed by atoms with van der Waals surface area (Å²) >= 11 is 0. The zero-order valence-electron chi connectivity index (χ0n) is 6.78. The molecule has 0 aromatic heterocycles. The molecule has 0 aliphatic carbocycles. The predicted molar refractivity (Wildman–Crippen MR) is 40.9 cm³/mol. The minimum absolute atomic E-state index is 0. The molecule has 1 saturated heterocycles. The van der Waals surface area contributed by atoms with E-state index in [-0.39, 0.29) is 42.6 Å². The molecule has 1 fully saturated rings. The molecule has 1 aliphatic heterocycles.